The lowest BCUT2D eigenvalue weighted by atomic mass is 10.1. The molecule has 0 spiro atoms. The summed E-state index contributed by atoms with van der Waals surface area (Å²) in [5, 5.41) is 3.14. The molecule has 108 valence electrons. The maximum absolute atomic E-state index is 13.4. The molecule has 4 nitrogen and oxygen atoms in total. The minimum Gasteiger partial charge on any atom is -0.319 e. The molecule has 0 radical (unpaired) electrons. The number of hydrogen-bond acceptors (Lipinski definition) is 3. The van der Waals surface area contributed by atoms with Crippen molar-refractivity contribution in [3.05, 3.63) is 35.6 Å². The van der Waals surface area contributed by atoms with Gasteiger partial charge in [-0.15, -0.1) is 0 Å². The van der Waals surface area contributed by atoms with E-state index < -0.39 is 10.8 Å². The first-order chi connectivity index (χ1) is 9.65. The van der Waals surface area contributed by atoms with Gasteiger partial charge in [0.25, 0.3) is 0 Å². The Labute approximate surface area is 119 Å². The third kappa shape index (κ3) is 2.62. The fourth-order valence-electron chi connectivity index (χ4n) is 2.95. The molecule has 1 unspecified atom stereocenters. The van der Waals surface area contributed by atoms with E-state index in [2.05, 4.69) is 5.32 Å². The topological polar surface area (TPSA) is 49.4 Å². The average molecular weight is 296 g/mol. The van der Waals surface area contributed by atoms with Crippen molar-refractivity contribution in [2.45, 2.75) is 25.0 Å². The van der Waals surface area contributed by atoms with Crippen molar-refractivity contribution in [1.29, 1.82) is 0 Å². The van der Waals surface area contributed by atoms with E-state index in [4.69, 9.17) is 0 Å². The van der Waals surface area contributed by atoms with Crippen LogP contribution in [0, 0.1) is 5.82 Å². The Bertz CT molecular complexity index is 542. The SMILES string of the molecule is O=C1CNC(c2cccc(F)c2)N1C1CCS(=O)CC1. The fraction of sp³-hybridized carbons (Fsp3) is 0.500. The highest BCUT2D eigenvalue weighted by Gasteiger charge is 2.37. The summed E-state index contributed by atoms with van der Waals surface area (Å²) in [6.07, 6.45) is 1.24. The van der Waals surface area contributed by atoms with E-state index in [1.165, 1.54) is 12.1 Å². The largest absolute Gasteiger partial charge is 0.319 e. The standard InChI is InChI=1S/C14H17FN2O2S/c15-11-3-1-2-10(8-11)14-16-9-13(18)17(14)12-4-6-20(19)7-5-12/h1-3,8,12,14,16H,4-7,9H2. The van der Waals surface area contributed by atoms with Crippen molar-refractivity contribution in [1.82, 2.24) is 10.2 Å². The maximum Gasteiger partial charge on any atom is 0.238 e. The van der Waals surface area contributed by atoms with Crippen LogP contribution in [-0.2, 0) is 15.6 Å². The van der Waals surface area contributed by atoms with E-state index in [0.717, 1.165) is 18.4 Å². The minimum absolute atomic E-state index is 0.0388. The van der Waals surface area contributed by atoms with Crippen LogP contribution >= 0.6 is 0 Å². The first-order valence-electron chi connectivity index (χ1n) is 6.80. The molecular formula is C14H17FN2O2S. The highest BCUT2D eigenvalue weighted by Crippen LogP contribution is 2.29. The highest BCUT2D eigenvalue weighted by atomic mass is 32.2. The summed E-state index contributed by atoms with van der Waals surface area (Å²) in [5.41, 5.74) is 0.766. The molecular weight excluding hydrogens is 279 g/mol. The first kappa shape index (κ1) is 13.7. The van der Waals surface area contributed by atoms with Gasteiger partial charge in [-0.2, -0.15) is 0 Å². The van der Waals surface area contributed by atoms with E-state index in [9.17, 15) is 13.4 Å². The zero-order chi connectivity index (χ0) is 14.1. The number of halogens is 1. The lowest BCUT2D eigenvalue weighted by Gasteiger charge is -2.35. The van der Waals surface area contributed by atoms with E-state index in [1.807, 2.05) is 11.0 Å². The second-order valence-electron chi connectivity index (χ2n) is 5.22. The number of amides is 1. The third-order valence-corrected chi connectivity index (χ3v) is 5.31. The van der Waals surface area contributed by atoms with Crippen molar-refractivity contribution in [3.8, 4) is 0 Å². The summed E-state index contributed by atoms with van der Waals surface area (Å²) < 4.78 is 24.8. The Morgan fingerprint density at radius 1 is 1.30 bits per heavy atom. The fourth-order valence-corrected chi connectivity index (χ4v) is 4.22. The molecule has 1 aromatic rings. The van der Waals surface area contributed by atoms with Crippen molar-refractivity contribution in [3.63, 3.8) is 0 Å². The van der Waals surface area contributed by atoms with Gasteiger partial charge in [0.1, 0.15) is 12.0 Å². The molecule has 0 bridgehead atoms. The predicted octanol–water partition coefficient (Wildman–Crippen LogP) is 1.17. The van der Waals surface area contributed by atoms with Gasteiger partial charge in [0.05, 0.1) is 6.54 Å². The van der Waals surface area contributed by atoms with E-state index in [-0.39, 0.29) is 30.5 Å². The summed E-state index contributed by atoms with van der Waals surface area (Å²) in [6.45, 7) is 0.279. The average Bonchev–Trinajstić information content (AvgIpc) is 2.82. The molecule has 20 heavy (non-hydrogen) atoms. The minimum atomic E-state index is -0.750. The van der Waals surface area contributed by atoms with E-state index in [0.29, 0.717) is 11.5 Å². The molecule has 1 amide bonds. The quantitative estimate of drug-likeness (QED) is 0.891. The molecule has 0 aliphatic carbocycles. The van der Waals surface area contributed by atoms with Crippen molar-refractivity contribution >= 4 is 16.7 Å². The molecule has 1 atom stereocenters. The predicted molar refractivity (Wildman–Crippen MR) is 74.9 cm³/mol. The second kappa shape index (κ2) is 5.61. The number of carbonyl (C=O) groups is 1. The van der Waals surface area contributed by atoms with Gasteiger partial charge in [0.15, 0.2) is 0 Å². The first-order valence-corrected chi connectivity index (χ1v) is 8.29. The van der Waals surface area contributed by atoms with Crippen LogP contribution in [0.1, 0.15) is 24.6 Å². The molecule has 2 aliphatic heterocycles. The van der Waals surface area contributed by atoms with Crippen LogP contribution in [0.25, 0.3) is 0 Å². The molecule has 6 heteroatoms. The smallest absolute Gasteiger partial charge is 0.238 e. The zero-order valence-corrected chi connectivity index (χ0v) is 11.9. The zero-order valence-electron chi connectivity index (χ0n) is 11.0. The molecule has 2 aliphatic rings. The van der Waals surface area contributed by atoms with Gasteiger partial charge >= 0.3 is 0 Å². The lowest BCUT2D eigenvalue weighted by molar-refractivity contribution is -0.130. The summed E-state index contributed by atoms with van der Waals surface area (Å²) in [5.74, 6) is 1.03. The monoisotopic (exact) mass is 296 g/mol. The highest BCUT2D eigenvalue weighted by molar-refractivity contribution is 7.85. The molecule has 2 fully saturated rings. The van der Waals surface area contributed by atoms with Crippen LogP contribution in [0.3, 0.4) is 0 Å². The summed E-state index contributed by atoms with van der Waals surface area (Å²) >= 11 is 0. The number of hydrogen-bond donors (Lipinski definition) is 1. The summed E-state index contributed by atoms with van der Waals surface area (Å²) in [7, 11) is -0.750. The van der Waals surface area contributed by atoms with Crippen LogP contribution < -0.4 is 5.32 Å². The Balaban J connectivity index is 1.83. The van der Waals surface area contributed by atoms with Crippen LogP contribution in [0.4, 0.5) is 4.39 Å². The molecule has 1 N–H and O–H groups in total. The van der Waals surface area contributed by atoms with Crippen LogP contribution in [0.5, 0.6) is 0 Å². The Morgan fingerprint density at radius 3 is 2.75 bits per heavy atom. The number of carbonyl (C=O) groups excluding carboxylic acids is 1. The maximum atomic E-state index is 13.4. The van der Waals surface area contributed by atoms with Crippen LogP contribution in [0.2, 0.25) is 0 Å². The third-order valence-electron chi connectivity index (χ3n) is 3.93. The number of rotatable bonds is 2. The Morgan fingerprint density at radius 2 is 2.05 bits per heavy atom. The van der Waals surface area contributed by atoms with Crippen LogP contribution in [0.15, 0.2) is 24.3 Å². The second-order valence-corrected chi connectivity index (χ2v) is 6.91. The molecule has 1 aromatic carbocycles. The lowest BCUT2D eigenvalue weighted by Crippen LogP contribution is -2.43. The van der Waals surface area contributed by atoms with E-state index >= 15 is 0 Å². The van der Waals surface area contributed by atoms with Gasteiger partial charge in [0.2, 0.25) is 5.91 Å². The van der Waals surface area contributed by atoms with Gasteiger partial charge in [-0.25, -0.2) is 4.39 Å². The molecule has 0 aromatic heterocycles. The molecule has 0 saturated carbocycles. The van der Waals surface area contributed by atoms with Crippen molar-refractivity contribution in [2.75, 3.05) is 18.1 Å². The Kier molecular flexibility index (Phi) is 3.85. The number of nitrogens with one attached hydrogen (secondary N) is 1. The van der Waals surface area contributed by atoms with Gasteiger partial charge in [-0.1, -0.05) is 12.1 Å². The number of nitrogens with zero attached hydrogens (tertiary/aromatic N) is 1. The van der Waals surface area contributed by atoms with Gasteiger partial charge < -0.3 is 4.90 Å². The normalized spacial score (nSPS) is 30.8. The Hall–Kier alpha value is -1.27. The van der Waals surface area contributed by atoms with Gasteiger partial charge in [0, 0.05) is 28.3 Å². The van der Waals surface area contributed by atoms with Crippen molar-refractivity contribution < 1.29 is 13.4 Å². The summed E-state index contributed by atoms with van der Waals surface area (Å²) in [4.78, 5) is 13.9. The number of benzene rings is 1. The molecule has 2 heterocycles. The van der Waals surface area contributed by atoms with Crippen LogP contribution in [-0.4, -0.2) is 39.1 Å². The molecule has 3 rings (SSSR count). The van der Waals surface area contributed by atoms with Gasteiger partial charge in [-0.3, -0.25) is 14.3 Å². The van der Waals surface area contributed by atoms with Crippen molar-refractivity contribution in [2.24, 2.45) is 0 Å². The summed E-state index contributed by atoms with van der Waals surface area (Å²) in [6, 6.07) is 6.44. The molecule has 2 saturated heterocycles. The van der Waals surface area contributed by atoms with Gasteiger partial charge in [-0.05, 0) is 30.5 Å². The van der Waals surface area contributed by atoms with E-state index in [1.54, 1.807) is 6.07 Å².